The van der Waals surface area contributed by atoms with Crippen molar-refractivity contribution in [3.05, 3.63) is 29.3 Å². The molecule has 1 aromatic carbocycles. The van der Waals surface area contributed by atoms with Crippen molar-refractivity contribution in [2.75, 3.05) is 19.7 Å². The minimum absolute atomic E-state index is 0.0847. The SMILES string of the molecule is CCCCCCCCCCCCCCCCCCCCNC(=O)c1ccc(C(=O)NCCCCCCCCCCCCCCCCCCCC)c(OCCCCCC)c1. The van der Waals surface area contributed by atoms with Crippen LogP contribution in [0.4, 0.5) is 0 Å². The molecule has 0 aromatic heterocycles. The molecule has 0 saturated carbocycles. The number of carbonyl (C=O) groups excluding carboxylic acids is 2. The van der Waals surface area contributed by atoms with Gasteiger partial charge in [0.05, 0.1) is 12.2 Å². The minimum atomic E-state index is -0.105. The second-order valence-corrected chi connectivity index (χ2v) is 18.2. The summed E-state index contributed by atoms with van der Waals surface area (Å²) in [6.45, 7) is 8.71. The van der Waals surface area contributed by atoms with E-state index in [1.165, 1.54) is 218 Å². The van der Waals surface area contributed by atoms with Crippen LogP contribution in [0, 0.1) is 0 Å². The van der Waals surface area contributed by atoms with E-state index in [1.54, 1.807) is 18.2 Å². The zero-order chi connectivity index (χ0) is 42.5. The predicted octanol–water partition coefficient (Wildman–Crippen LogP) is 17.2. The predicted molar refractivity (Wildman–Crippen MR) is 258 cm³/mol. The summed E-state index contributed by atoms with van der Waals surface area (Å²) in [4.78, 5) is 26.3. The monoisotopic (exact) mass is 825 g/mol. The molecule has 5 heteroatoms. The summed E-state index contributed by atoms with van der Waals surface area (Å²) >= 11 is 0. The van der Waals surface area contributed by atoms with Crippen molar-refractivity contribution in [2.45, 2.75) is 278 Å². The maximum absolute atomic E-state index is 13.2. The first-order chi connectivity index (χ1) is 29.1. The molecule has 2 amide bonds. The third-order valence-electron chi connectivity index (χ3n) is 12.4. The number of hydrogen-bond acceptors (Lipinski definition) is 3. The molecule has 5 nitrogen and oxygen atoms in total. The third-order valence-corrected chi connectivity index (χ3v) is 12.4. The molecule has 0 radical (unpaired) electrons. The standard InChI is InChI=1S/C54H100N2O3/c1-4-7-10-13-15-17-19-21-23-25-27-29-31-33-35-37-39-41-46-55-53(57)50-44-45-51(52(49-50)59-48-43-12-9-6-3)54(58)56-47-42-40-38-36-34-32-30-28-26-24-22-20-18-16-14-11-8-5-2/h44-45,49H,4-43,46-48H2,1-3H3,(H,55,57)(H,56,58). The molecule has 0 atom stereocenters. The molecular weight excluding hydrogens is 725 g/mol. The Kier molecular flexibility index (Phi) is 41.0. The molecule has 0 saturated heterocycles. The summed E-state index contributed by atoms with van der Waals surface area (Å²) in [6.07, 6.45) is 53.2. The Labute approximate surface area is 367 Å². The highest BCUT2D eigenvalue weighted by Crippen LogP contribution is 2.22. The van der Waals surface area contributed by atoms with Gasteiger partial charge < -0.3 is 15.4 Å². The zero-order valence-corrected chi connectivity index (χ0v) is 39.9. The Morgan fingerprint density at radius 1 is 0.373 bits per heavy atom. The second-order valence-electron chi connectivity index (χ2n) is 18.2. The molecule has 0 aliphatic heterocycles. The number of carbonyl (C=O) groups is 2. The van der Waals surface area contributed by atoms with E-state index in [9.17, 15) is 9.59 Å². The van der Waals surface area contributed by atoms with Crippen molar-refractivity contribution < 1.29 is 14.3 Å². The van der Waals surface area contributed by atoms with Crippen LogP contribution in [0.2, 0.25) is 0 Å². The van der Waals surface area contributed by atoms with Crippen LogP contribution in [0.5, 0.6) is 5.75 Å². The van der Waals surface area contributed by atoms with Crippen LogP contribution in [0.3, 0.4) is 0 Å². The van der Waals surface area contributed by atoms with E-state index in [2.05, 4.69) is 31.4 Å². The fourth-order valence-corrected chi connectivity index (χ4v) is 8.34. The van der Waals surface area contributed by atoms with Gasteiger partial charge in [-0.2, -0.15) is 0 Å². The molecule has 0 heterocycles. The fraction of sp³-hybridized carbons (Fsp3) is 0.852. The summed E-state index contributed by atoms with van der Waals surface area (Å²) in [5.41, 5.74) is 1.10. The molecule has 0 aliphatic carbocycles. The van der Waals surface area contributed by atoms with Crippen LogP contribution in [0.1, 0.15) is 298 Å². The van der Waals surface area contributed by atoms with Crippen molar-refractivity contribution in [3.63, 3.8) is 0 Å². The molecule has 59 heavy (non-hydrogen) atoms. The number of hydrogen-bond donors (Lipinski definition) is 2. The molecule has 0 fully saturated rings. The van der Waals surface area contributed by atoms with E-state index in [0.29, 0.717) is 36.6 Å². The molecule has 0 spiro atoms. The van der Waals surface area contributed by atoms with Crippen molar-refractivity contribution in [3.8, 4) is 5.75 Å². The van der Waals surface area contributed by atoms with E-state index in [1.807, 2.05) is 0 Å². The smallest absolute Gasteiger partial charge is 0.255 e. The van der Waals surface area contributed by atoms with E-state index in [-0.39, 0.29) is 11.8 Å². The molecule has 1 rings (SSSR count). The molecule has 0 bridgehead atoms. The van der Waals surface area contributed by atoms with Crippen molar-refractivity contribution >= 4 is 11.8 Å². The Hall–Kier alpha value is -2.04. The van der Waals surface area contributed by atoms with Crippen LogP contribution in [-0.2, 0) is 0 Å². The fourth-order valence-electron chi connectivity index (χ4n) is 8.34. The lowest BCUT2D eigenvalue weighted by Crippen LogP contribution is -2.26. The largest absolute Gasteiger partial charge is 0.493 e. The van der Waals surface area contributed by atoms with Gasteiger partial charge in [0.1, 0.15) is 5.75 Å². The number of amides is 2. The van der Waals surface area contributed by atoms with Gasteiger partial charge in [0.2, 0.25) is 0 Å². The Bertz CT molecular complexity index is 1060. The Morgan fingerprint density at radius 3 is 1.00 bits per heavy atom. The highest BCUT2D eigenvalue weighted by Gasteiger charge is 2.16. The van der Waals surface area contributed by atoms with Crippen molar-refractivity contribution in [1.29, 1.82) is 0 Å². The number of rotatable bonds is 46. The number of benzene rings is 1. The van der Waals surface area contributed by atoms with E-state index in [0.717, 1.165) is 38.5 Å². The average Bonchev–Trinajstić information content (AvgIpc) is 3.25. The van der Waals surface area contributed by atoms with Gasteiger partial charge >= 0.3 is 0 Å². The molecule has 1 aromatic rings. The summed E-state index contributed by atoms with van der Waals surface area (Å²) in [7, 11) is 0. The Balaban J connectivity index is 2.19. The van der Waals surface area contributed by atoms with Gasteiger partial charge in [0.15, 0.2) is 0 Å². The van der Waals surface area contributed by atoms with Crippen molar-refractivity contribution in [1.82, 2.24) is 10.6 Å². The van der Waals surface area contributed by atoms with E-state index >= 15 is 0 Å². The second kappa shape index (κ2) is 44.0. The average molecular weight is 825 g/mol. The van der Waals surface area contributed by atoms with Gasteiger partial charge in [-0.25, -0.2) is 0 Å². The lowest BCUT2D eigenvalue weighted by Gasteiger charge is -2.14. The maximum atomic E-state index is 13.2. The van der Waals surface area contributed by atoms with Crippen LogP contribution < -0.4 is 15.4 Å². The van der Waals surface area contributed by atoms with Crippen LogP contribution >= 0.6 is 0 Å². The van der Waals surface area contributed by atoms with Gasteiger partial charge in [-0.3, -0.25) is 9.59 Å². The summed E-state index contributed by atoms with van der Waals surface area (Å²) in [5, 5.41) is 6.23. The highest BCUT2D eigenvalue weighted by molar-refractivity contribution is 6.00. The molecule has 344 valence electrons. The molecule has 0 unspecified atom stereocenters. The van der Waals surface area contributed by atoms with Crippen LogP contribution in [0.25, 0.3) is 0 Å². The van der Waals surface area contributed by atoms with Crippen LogP contribution in [0.15, 0.2) is 18.2 Å². The van der Waals surface area contributed by atoms with Gasteiger partial charge in [-0.15, -0.1) is 0 Å². The number of unbranched alkanes of at least 4 members (excludes halogenated alkanes) is 37. The topological polar surface area (TPSA) is 67.4 Å². The van der Waals surface area contributed by atoms with Gasteiger partial charge in [0, 0.05) is 18.7 Å². The zero-order valence-electron chi connectivity index (χ0n) is 39.9. The lowest BCUT2D eigenvalue weighted by molar-refractivity contribution is 0.0937. The van der Waals surface area contributed by atoms with Gasteiger partial charge in [-0.1, -0.05) is 258 Å². The van der Waals surface area contributed by atoms with Crippen molar-refractivity contribution in [2.24, 2.45) is 0 Å². The molecule has 0 aliphatic rings. The first-order valence-corrected chi connectivity index (χ1v) is 26.5. The lowest BCUT2D eigenvalue weighted by atomic mass is 10.0. The summed E-state index contributed by atoms with van der Waals surface area (Å²) in [6, 6.07) is 5.33. The Morgan fingerprint density at radius 2 is 0.661 bits per heavy atom. The first kappa shape index (κ1) is 55.0. The minimum Gasteiger partial charge on any atom is -0.493 e. The molecule has 2 N–H and O–H groups in total. The van der Waals surface area contributed by atoms with Crippen LogP contribution in [-0.4, -0.2) is 31.5 Å². The normalized spacial score (nSPS) is 11.3. The first-order valence-electron chi connectivity index (χ1n) is 26.5. The van der Waals surface area contributed by atoms with E-state index < -0.39 is 0 Å². The van der Waals surface area contributed by atoms with E-state index in [4.69, 9.17) is 4.74 Å². The quantitative estimate of drug-likeness (QED) is 0.0644. The number of nitrogens with one attached hydrogen (secondary N) is 2. The summed E-state index contributed by atoms with van der Waals surface area (Å²) in [5.74, 6) is 0.336. The maximum Gasteiger partial charge on any atom is 0.255 e. The molecular formula is C54H100N2O3. The highest BCUT2D eigenvalue weighted by atomic mass is 16.5. The van der Waals surface area contributed by atoms with Gasteiger partial charge in [-0.05, 0) is 37.5 Å². The third kappa shape index (κ3) is 35.3. The summed E-state index contributed by atoms with van der Waals surface area (Å²) < 4.78 is 6.14. The van der Waals surface area contributed by atoms with Gasteiger partial charge in [0.25, 0.3) is 11.8 Å². The number of ether oxygens (including phenoxy) is 1.